The van der Waals surface area contributed by atoms with Crippen molar-refractivity contribution in [3.63, 3.8) is 0 Å². The smallest absolute Gasteiger partial charge is 0.0664 e. The van der Waals surface area contributed by atoms with Gasteiger partial charge in [-0.1, -0.05) is 134 Å². The largest absolute Gasteiger partial charge is 0.332 e. The van der Waals surface area contributed by atoms with Gasteiger partial charge in [-0.25, -0.2) is 0 Å². The fourth-order valence-electron chi connectivity index (χ4n) is 9.85. The second-order valence-corrected chi connectivity index (χ2v) is 15.2. The highest BCUT2D eigenvalue weighted by molar-refractivity contribution is 6.09. The Bertz CT molecular complexity index is 2660. The Morgan fingerprint density at radius 3 is 1.87 bits per heavy atom. The van der Waals surface area contributed by atoms with E-state index in [-0.39, 0.29) is 17.4 Å². The van der Waals surface area contributed by atoms with Gasteiger partial charge in [0.15, 0.2) is 0 Å². The van der Waals surface area contributed by atoms with Gasteiger partial charge in [0.1, 0.15) is 0 Å². The standard InChI is InChI=1S/C50H39N3/c1-33-32-42-48(53(36-14-4-3-5-15-36)46-22-12-13-31-50(42,46)2)49-47(33)41-18-8-11-21-45(41)52(49)38-29-25-35(26-30-38)34-23-27-37(28-24-34)51-43-19-9-6-16-39(43)40-17-7-10-20-44(40)51/h3-33,46-47H,1-2H3. The molecule has 0 bridgehead atoms. The van der Waals surface area contributed by atoms with Crippen molar-refractivity contribution in [2.24, 2.45) is 11.3 Å². The average molecular weight is 682 g/mol. The number of hydrogen-bond acceptors (Lipinski definition) is 2. The van der Waals surface area contributed by atoms with E-state index in [0.717, 1.165) is 0 Å². The van der Waals surface area contributed by atoms with Gasteiger partial charge in [-0.3, -0.25) is 0 Å². The van der Waals surface area contributed by atoms with Gasteiger partial charge in [0.05, 0.1) is 28.5 Å². The first-order chi connectivity index (χ1) is 26.1. The van der Waals surface area contributed by atoms with Gasteiger partial charge < -0.3 is 14.4 Å². The third-order valence-electron chi connectivity index (χ3n) is 12.3. The lowest BCUT2D eigenvalue weighted by molar-refractivity contribution is 0.488. The summed E-state index contributed by atoms with van der Waals surface area (Å²) in [5.41, 5.74) is 15.2. The second-order valence-electron chi connectivity index (χ2n) is 15.2. The van der Waals surface area contributed by atoms with Gasteiger partial charge in [0.2, 0.25) is 0 Å². The first-order valence-electron chi connectivity index (χ1n) is 18.9. The minimum Gasteiger partial charge on any atom is -0.332 e. The molecule has 6 aromatic carbocycles. The summed E-state index contributed by atoms with van der Waals surface area (Å²) in [7, 11) is 0. The van der Waals surface area contributed by atoms with Gasteiger partial charge in [0.25, 0.3) is 0 Å². The molecule has 4 atom stereocenters. The first kappa shape index (κ1) is 30.3. The molecule has 254 valence electrons. The van der Waals surface area contributed by atoms with E-state index in [0.29, 0.717) is 5.92 Å². The number of anilines is 3. The topological polar surface area (TPSA) is 11.4 Å². The van der Waals surface area contributed by atoms with Crippen LogP contribution in [0.1, 0.15) is 25.3 Å². The van der Waals surface area contributed by atoms with Crippen LogP contribution < -0.4 is 9.80 Å². The van der Waals surface area contributed by atoms with Crippen molar-refractivity contribution in [1.29, 1.82) is 0 Å². The fourth-order valence-corrected chi connectivity index (χ4v) is 9.85. The molecule has 11 rings (SSSR count). The van der Waals surface area contributed by atoms with Crippen LogP contribution >= 0.6 is 0 Å². The summed E-state index contributed by atoms with van der Waals surface area (Å²) in [5, 5.41) is 2.56. The van der Waals surface area contributed by atoms with Gasteiger partial charge >= 0.3 is 0 Å². The van der Waals surface area contributed by atoms with Crippen LogP contribution in [-0.2, 0) is 0 Å². The Hall–Kier alpha value is -6.32. The van der Waals surface area contributed by atoms with Crippen molar-refractivity contribution < 1.29 is 0 Å². The normalized spacial score (nSPS) is 22.6. The van der Waals surface area contributed by atoms with Gasteiger partial charge in [-0.2, -0.15) is 0 Å². The molecular weight excluding hydrogens is 643 g/mol. The first-order valence-corrected chi connectivity index (χ1v) is 18.9. The molecule has 2 aliphatic carbocycles. The Morgan fingerprint density at radius 1 is 0.566 bits per heavy atom. The number of fused-ring (bicyclic) bond motifs is 9. The van der Waals surface area contributed by atoms with Crippen molar-refractivity contribution in [3.8, 4) is 16.8 Å². The summed E-state index contributed by atoms with van der Waals surface area (Å²) in [4.78, 5) is 5.18. The zero-order valence-electron chi connectivity index (χ0n) is 29.9. The van der Waals surface area contributed by atoms with E-state index in [1.807, 2.05) is 0 Å². The third-order valence-corrected chi connectivity index (χ3v) is 12.3. The van der Waals surface area contributed by atoms with Crippen molar-refractivity contribution in [2.75, 3.05) is 9.80 Å². The van der Waals surface area contributed by atoms with Crippen LogP contribution in [0.4, 0.5) is 17.1 Å². The molecule has 4 unspecified atom stereocenters. The lowest BCUT2D eigenvalue weighted by Gasteiger charge is -2.35. The summed E-state index contributed by atoms with van der Waals surface area (Å²) < 4.78 is 2.38. The summed E-state index contributed by atoms with van der Waals surface area (Å²) in [5.74, 6) is 0.621. The summed E-state index contributed by atoms with van der Waals surface area (Å²) in [6.07, 6.45) is 11.9. The highest BCUT2D eigenvalue weighted by Crippen LogP contribution is 2.62. The Kier molecular flexibility index (Phi) is 6.49. The minimum absolute atomic E-state index is 0.123. The lowest BCUT2D eigenvalue weighted by Crippen LogP contribution is -2.36. The van der Waals surface area contributed by atoms with Gasteiger partial charge in [-0.05, 0) is 89.7 Å². The predicted octanol–water partition coefficient (Wildman–Crippen LogP) is 12.5. The molecule has 1 saturated heterocycles. The molecule has 3 heteroatoms. The van der Waals surface area contributed by atoms with Gasteiger partial charge in [-0.15, -0.1) is 0 Å². The van der Waals surface area contributed by atoms with Crippen LogP contribution in [0.5, 0.6) is 0 Å². The zero-order chi connectivity index (χ0) is 35.3. The van der Waals surface area contributed by atoms with Crippen LogP contribution in [0.2, 0.25) is 0 Å². The maximum absolute atomic E-state index is 2.62. The van der Waals surface area contributed by atoms with Crippen LogP contribution in [0.3, 0.4) is 0 Å². The molecule has 0 radical (unpaired) electrons. The van der Waals surface area contributed by atoms with Crippen molar-refractivity contribution >= 4 is 38.9 Å². The van der Waals surface area contributed by atoms with E-state index < -0.39 is 0 Å². The van der Waals surface area contributed by atoms with E-state index in [2.05, 4.69) is 210 Å². The molecule has 2 aliphatic heterocycles. The van der Waals surface area contributed by atoms with Crippen LogP contribution in [-0.4, -0.2) is 10.6 Å². The quantitative estimate of drug-likeness (QED) is 0.183. The lowest BCUT2D eigenvalue weighted by atomic mass is 9.71. The summed E-state index contributed by atoms with van der Waals surface area (Å²) in [6.45, 7) is 4.83. The number of allylic oxidation sites excluding steroid dienone is 5. The zero-order valence-corrected chi connectivity index (χ0v) is 29.9. The van der Waals surface area contributed by atoms with Crippen molar-refractivity contribution in [2.45, 2.75) is 25.8 Å². The summed E-state index contributed by atoms with van der Waals surface area (Å²) in [6, 6.07) is 55.9. The van der Waals surface area contributed by atoms with Crippen LogP contribution in [0.15, 0.2) is 199 Å². The number of para-hydroxylation sites is 4. The Labute approximate surface area is 310 Å². The number of hydrogen-bond donors (Lipinski definition) is 0. The molecule has 1 aromatic heterocycles. The van der Waals surface area contributed by atoms with E-state index >= 15 is 0 Å². The molecule has 0 saturated carbocycles. The number of aromatic nitrogens is 1. The average Bonchev–Trinajstić information content (AvgIpc) is 3.83. The molecule has 0 spiro atoms. The number of nitrogens with zero attached hydrogens (tertiary/aromatic N) is 3. The molecule has 0 amide bonds. The maximum atomic E-state index is 2.62. The van der Waals surface area contributed by atoms with E-state index in [4.69, 9.17) is 0 Å². The van der Waals surface area contributed by atoms with E-state index in [9.17, 15) is 0 Å². The highest BCUT2D eigenvalue weighted by Gasteiger charge is 2.55. The number of benzene rings is 6. The van der Waals surface area contributed by atoms with Crippen LogP contribution in [0.25, 0.3) is 38.6 Å². The molecule has 4 aliphatic rings. The molecule has 3 heterocycles. The Morgan fingerprint density at radius 2 is 1.17 bits per heavy atom. The maximum Gasteiger partial charge on any atom is 0.0664 e. The van der Waals surface area contributed by atoms with Crippen molar-refractivity contribution in [3.05, 3.63) is 205 Å². The fraction of sp³-hybridized carbons (Fsp3) is 0.120. The highest BCUT2D eigenvalue weighted by atomic mass is 15.3. The van der Waals surface area contributed by atoms with E-state index in [1.54, 1.807) is 0 Å². The molecule has 0 N–H and O–H groups in total. The van der Waals surface area contributed by atoms with Crippen LogP contribution in [0, 0.1) is 11.3 Å². The molecule has 1 fully saturated rings. The van der Waals surface area contributed by atoms with Crippen molar-refractivity contribution in [1.82, 2.24) is 4.57 Å². The monoisotopic (exact) mass is 681 g/mol. The Balaban J connectivity index is 1.02. The summed E-state index contributed by atoms with van der Waals surface area (Å²) >= 11 is 0. The molecular formula is C50H39N3. The third kappa shape index (κ3) is 4.28. The molecule has 3 nitrogen and oxygen atoms in total. The SMILES string of the molecule is CC1C=C2C(=C3C1c1ccccc1N3c1ccc(-c3ccc(-n4c5ccccc5c5ccccc54)cc3)cc1)N(c1ccccc1)C1C=CC=CC21C. The molecule has 7 aromatic rings. The predicted molar refractivity (Wildman–Crippen MR) is 221 cm³/mol. The second kappa shape index (κ2) is 11.3. The molecule has 53 heavy (non-hydrogen) atoms. The van der Waals surface area contributed by atoms with Gasteiger partial charge in [0, 0.05) is 44.9 Å². The minimum atomic E-state index is -0.123. The van der Waals surface area contributed by atoms with E-state index in [1.165, 1.54) is 78.2 Å². The number of rotatable bonds is 4.